The molecule has 4 rings (SSSR count). The van der Waals surface area contributed by atoms with E-state index in [9.17, 15) is 4.79 Å². The monoisotopic (exact) mass is 302 g/mol. The van der Waals surface area contributed by atoms with Crippen LogP contribution in [0.4, 0.5) is 0 Å². The summed E-state index contributed by atoms with van der Waals surface area (Å²) >= 11 is 0. The van der Waals surface area contributed by atoms with Gasteiger partial charge in [0.25, 0.3) is 5.91 Å². The van der Waals surface area contributed by atoms with E-state index in [0.29, 0.717) is 17.9 Å². The molecule has 1 amide bonds. The second-order valence-electron chi connectivity index (χ2n) is 5.33. The number of furan rings is 1. The van der Waals surface area contributed by atoms with E-state index in [-0.39, 0.29) is 5.91 Å². The zero-order valence-corrected chi connectivity index (χ0v) is 12.3. The normalized spacial score (nSPS) is 12.3. The van der Waals surface area contributed by atoms with Crippen molar-refractivity contribution in [3.05, 3.63) is 77.2 Å². The molecular weight excluding hydrogens is 288 g/mol. The highest BCUT2D eigenvalue weighted by atomic mass is 16.3. The van der Waals surface area contributed by atoms with Gasteiger partial charge < -0.3 is 9.73 Å². The maximum absolute atomic E-state index is 12.5. The number of rotatable bonds is 3. The quantitative estimate of drug-likeness (QED) is 0.800. The fraction of sp³-hybridized carbons (Fsp3) is 0.0526. The van der Waals surface area contributed by atoms with Crippen LogP contribution in [0, 0.1) is 0 Å². The average molecular weight is 302 g/mol. The first kappa shape index (κ1) is 13.5. The van der Waals surface area contributed by atoms with Crippen LogP contribution in [0.5, 0.6) is 0 Å². The molecule has 112 valence electrons. The van der Waals surface area contributed by atoms with Gasteiger partial charge in [0, 0.05) is 24.3 Å². The molecule has 0 saturated carbocycles. The van der Waals surface area contributed by atoms with Crippen molar-refractivity contribution in [1.29, 1.82) is 0 Å². The summed E-state index contributed by atoms with van der Waals surface area (Å²) in [6, 6.07) is 15.5. The van der Waals surface area contributed by atoms with Gasteiger partial charge in [0.15, 0.2) is 0 Å². The third kappa shape index (κ3) is 2.44. The number of nitrogens with zero attached hydrogens (tertiary/aromatic N) is 1. The number of benzene rings is 2. The molecule has 1 N–H and O–H groups in total. The lowest BCUT2D eigenvalue weighted by atomic mass is 10.1. The van der Waals surface area contributed by atoms with Gasteiger partial charge in [-0.25, -0.2) is 0 Å². The molecule has 0 unspecified atom stereocenters. The Morgan fingerprint density at radius 1 is 1.09 bits per heavy atom. The minimum Gasteiger partial charge on any atom is -0.450 e. The summed E-state index contributed by atoms with van der Waals surface area (Å²) in [6.45, 7) is 0.457. The second-order valence-corrected chi connectivity index (χ2v) is 5.33. The molecule has 0 atom stereocenters. The van der Waals surface area contributed by atoms with E-state index in [1.165, 1.54) is 0 Å². The van der Waals surface area contributed by atoms with Crippen LogP contribution >= 0.6 is 0 Å². The van der Waals surface area contributed by atoms with E-state index in [4.69, 9.17) is 4.42 Å². The van der Waals surface area contributed by atoms with Gasteiger partial charge >= 0.3 is 0 Å². The highest BCUT2D eigenvalue weighted by molar-refractivity contribution is 6.12. The van der Waals surface area contributed by atoms with Gasteiger partial charge in [-0.15, -0.1) is 0 Å². The summed E-state index contributed by atoms with van der Waals surface area (Å²) < 4.78 is 5.78. The predicted octanol–water partition coefficient (Wildman–Crippen LogP) is 3.77. The first-order valence-electron chi connectivity index (χ1n) is 7.40. The SMILES string of the molecule is O=C(NCc1ccccc1)c1oc2cccc3c2c1C=NC=C3. The van der Waals surface area contributed by atoms with Crippen LogP contribution in [-0.2, 0) is 6.54 Å². The van der Waals surface area contributed by atoms with Gasteiger partial charge in [-0.3, -0.25) is 9.79 Å². The highest BCUT2D eigenvalue weighted by Crippen LogP contribution is 2.30. The minimum atomic E-state index is -0.237. The second kappa shape index (κ2) is 5.57. The van der Waals surface area contributed by atoms with Crippen LogP contribution in [0.25, 0.3) is 17.0 Å². The molecule has 0 bridgehead atoms. The summed E-state index contributed by atoms with van der Waals surface area (Å²) in [6.07, 6.45) is 5.31. The summed E-state index contributed by atoms with van der Waals surface area (Å²) in [4.78, 5) is 16.7. The van der Waals surface area contributed by atoms with Crippen molar-refractivity contribution in [3.63, 3.8) is 0 Å². The molecule has 1 aliphatic rings. The largest absolute Gasteiger partial charge is 0.450 e. The summed E-state index contributed by atoms with van der Waals surface area (Å²) in [5, 5.41) is 3.83. The van der Waals surface area contributed by atoms with Gasteiger partial charge in [0.1, 0.15) is 5.58 Å². The Morgan fingerprint density at radius 3 is 2.83 bits per heavy atom. The Morgan fingerprint density at radius 2 is 1.96 bits per heavy atom. The van der Waals surface area contributed by atoms with E-state index in [1.54, 1.807) is 12.4 Å². The van der Waals surface area contributed by atoms with Crippen LogP contribution in [0.15, 0.2) is 64.1 Å². The molecule has 4 nitrogen and oxygen atoms in total. The van der Waals surface area contributed by atoms with Crippen molar-refractivity contribution in [1.82, 2.24) is 5.32 Å². The van der Waals surface area contributed by atoms with E-state index in [2.05, 4.69) is 10.3 Å². The number of carbonyl (C=O) groups excluding carboxylic acids is 1. The van der Waals surface area contributed by atoms with E-state index in [0.717, 1.165) is 22.1 Å². The van der Waals surface area contributed by atoms with Crippen LogP contribution < -0.4 is 5.32 Å². The van der Waals surface area contributed by atoms with Crippen molar-refractivity contribution in [3.8, 4) is 0 Å². The maximum atomic E-state index is 12.5. The van der Waals surface area contributed by atoms with Gasteiger partial charge in [-0.05, 0) is 23.3 Å². The molecule has 3 aromatic rings. The first-order chi connectivity index (χ1) is 11.3. The summed E-state index contributed by atoms with van der Waals surface area (Å²) in [5.74, 6) is 0.0650. The van der Waals surface area contributed by atoms with Gasteiger partial charge in [-0.2, -0.15) is 0 Å². The zero-order chi connectivity index (χ0) is 15.6. The maximum Gasteiger partial charge on any atom is 0.288 e. The number of aliphatic imine (C=N–C) groups is 1. The van der Waals surface area contributed by atoms with Crippen molar-refractivity contribution in [2.24, 2.45) is 4.99 Å². The third-order valence-corrected chi connectivity index (χ3v) is 3.83. The molecule has 0 spiro atoms. The smallest absolute Gasteiger partial charge is 0.288 e. The highest BCUT2D eigenvalue weighted by Gasteiger charge is 2.21. The molecule has 4 heteroatoms. The van der Waals surface area contributed by atoms with Gasteiger partial charge in [0.2, 0.25) is 5.76 Å². The van der Waals surface area contributed by atoms with Crippen molar-refractivity contribution < 1.29 is 9.21 Å². The third-order valence-electron chi connectivity index (χ3n) is 3.83. The Labute approximate surface area is 133 Å². The summed E-state index contributed by atoms with van der Waals surface area (Å²) in [7, 11) is 0. The number of hydrogen-bond acceptors (Lipinski definition) is 3. The lowest BCUT2D eigenvalue weighted by Crippen LogP contribution is -2.23. The fourth-order valence-corrected chi connectivity index (χ4v) is 2.73. The molecule has 1 aromatic heterocycles. The predicted molar refractivity (Wildman–Crippen MR) is 90.5 cm³/mol. The molecule has 2 heterocycles. The zero-order valence-electron chi connectivity index (χ0n) is 12.3. The Balaban J connectivity index is 1.69. The number of hydrogen-bond donors (Lipinski definition) is 1. The Hall–Kier alpha value is -3.14. The number of nitrogens with one attached hydrogen (secondary N) is 1. The van der Waals surface area contributed by atoms with Crippen LogP contribution in [-0.4, -0.2) is 12.1 Å². The van der Waals surface area contributed by atoms with Crippen molar-refractivity contribution in [2.75, 3.05) is 0 Å². The topological polar surface area (TPSA) is 54.6 Å². The molecule has 0 fully saturated rings. The fourth-order valence-electron chi connectivity index (χ4n) is 2.73. The Bertz CT molecular complexity index is 937. The summed E-state index contributed by atoms with van der Waals surface area (Å²) in [5.41, 5.74) is 3.46. The molecule has 0 radical (unpaired) electrons. The van der Waals surface area contributed by atoms with Crippen molar-refractivity contribution in [2.45, 2.75) is 6.54 Å². The average Bonchev–Trinajstić information content (AvgIpc) is 2.82. The standard InChI is InChI=1S/C19H14N2O2/c22-19(21-11-13-5-2-1-3-6-13)18-15-12-20-10-9-14-7-4-8-16(23-18)17(14)15/h1-10,12H,11H2,(H,21,22). The molecule has 23 heavy (non-hydrogen) atoms. The Kier molecular flexibility index (Phi) is 3.27. The van der Waals surface area contributed by atoms with Gasteiger partial charge in [0.05, 0.1) is 5.56 Å². The van der Waals surface area contributed by atoms with Crippen LogP contribution in [0.3, 0.4) is 0 Å². The molecule has 0 aliphatic carbocycles. The molecule has 2 aromatic carbocycles. The number of amides is 1. The van der Waals surface area contributed by atoms with Crippen LogP contribution in [0.2, 0.25) is 0 Å². The lowest BCUT2D eigenvalue weighted by molar-refractivity contribution is 0.0925. The van der Waals surface area contributed by atoms with Crippen LogP contribution in [0.1, 0.15) is 27.2 Å². The van der Waals surface area contributed by atoms with E-state index < -0.39 is 0 Å². The van der Waals surface area contributed by atoms with Gasteiger partial charge in [-0.1, -0.05) is 42.5 Å². The van der Waals surface area contributed by atoms with Crippen molar-refractivity contribution >= 4 is 29.2 Å². The van der Waals surface area contributed by atoms with E-state index >= 15 is 0 Å². The molecule has 1 aliphatic heterocycles. The molecular formula is C19H14N2O2. The van der Waals surface area contributed by atoms with E-state index in [1.807, 2.05) is 54.6 Å². The first-order valence-corrected chi connectivity index (χ1v) is 7.40. The number of carbonyl (C=O) groups is 1. The lowest BCUT2D eigenvalue weighted by Gasteiger charge is -2.03. The minimum absolute atomic E-state index is 0.237. The molecule has 0 saturated heterocycles.